The second kappa shape index (κ2) is 14.0. The molecule has 0 unspecified atom stereocenters. The van der Waals surface area contributed by atoms with Crippen molar-refractivity contribution in [2.45, 2.75) is 51.5 Å². The summed E-state index contributed by atoms with van der Waals surface area (Å²) in [5.41, 5.74) is 5.84. The first-order valence-corrected chi connectivity index (χ1v) is 13.6. The van der Waals surface area contributed by atoms with Crippen molar-refractivity contribution in [3.63, 3.8) is 0 Å². The molecule has 1 amide bonds. The normalized spacial score (nSPS) is 11.6. The summed E-state index contributed by atoms with van der Waals surface area (Å²) in [7, 11) is 1.88. The standard InChI is InChI=1S/C32H36N6O/c1-3-4-5-6-8-25-9-7-10-27(19-25)31(34-18-17-24-11-13-26(20-33)14-12-24)32(39)37-30-16-15-28(21-35-30)29-22-36-38(2)23-29/h7,9-16,19,21-23,31,34H,3-6,8,17-18H2,1-2H3,(H,35,37,39)/t31-/m0/s1. The predicted octanol–water partition coefficient (Wildman–Crippen LogP) is 5.99. The van der Waals surface area contributed by atoms with E-state index in [0.717, 1.165) is 41.5 Å². The third-order valence-electron chi connectivity index (χ3n) is 6.76. The van der Waals surface area contributed by atoms with Crippen LogP contribution in [0.1, 0.15) is 60.9 Å². The zero-order valence-electron chi connectivity index (χ0n) is 22.7. The van der Waals surface area contributed by atoms with E-state index in [1.165, 1.54) is 24.8 Å². The second-order valence-corrected chi connectivity index (χ2v) is 9.83. The monoisotopic (exact) mass is 520 g/mol. The molecule has 2 aromatic heterocycles. The Hall–Kier alpha value is -4.28. The first-order chi connectivity index (χ1) is 19.1. The Bertz CT molecular complexity index is 1390. The molecule has 0 aliphatic carbocycles. The minimum absolute atomic E-state index is 0.153. The van der Waals surface area contributed by atoms with Gasteiger partial charge in [-0.1, -0.05) is 62.6 Å². The number of aromatic nitrogens is 3. The topological polar surface area (TPSA) is 95.6 Å². The number of amides is 1. The van der Waals surface area contributed by atoms with E-state index >= 15 is 0 Å². The smallest absolute Gasteiger partial charge is 0.247 e. The molecule has 0 spiro atoms. The zero-order chi connectivity index (χ0) is 27.5. The van der Waals surface area contributed by atoms with Gasteiger partial charge in [0.05, 0.1) is 17.8 Å². The largest absolute Gasteiger partial charge is 0.309 e. The van der Waals surface area contributed by atoms with Crippen LogP contribution in [0.15, 0.2) is 79.3 Å². The summed E-state index contributed by atoms with van der Waals surface area (Å²) in [5.74, 6) is 0.349. The van der Waals surface area contributed by atoms with E-state index in [-0.39, 0.29) is 5.91 Å². The Morgan fingerprint density at radius 2 is 1.82 bits per heavy atom. The van der Waals surface area contributed by atoms with Gasteiger partial charge in [-0.15, -0.1) is 0 Å². The van der Waals surface area contributed by atoms with E-state index in [1.54, 1.807) is 17.1 Å². The second-order valence-electron chi connectivity index (χ2n) is 9.83. The van der Waals surface area contributed by atoms with Crippen LogP contribution in [-0.4, -0.2) is 27.2 Å². The van der Waals surface area contributed by atoms with Crippen LogP contribution >= 0.6 is 0 Å². The fourth-order valence-electron chi connectivity index (χ4n) is 4.56. The maximum Gasteiger partial charge on any atom is 0.247 e. The highest BCUT2D eigenvalue weighted by Crippen LogP contribution is 2.21. The number of unbranched alkanes of at least 4 members (excludes halogenated alkanes) is 3. The lowest BCUT2D eigenvalue weighted by Crippen LogP contribution is -2.34. The summed E-state index contributed by atoms with van der Waals surface area (Å²) in [6, 6.07) is 21.3. The van der Waals surface area contributed by atoms with Crippen LogP contribution in [0.3, 0.4) is 0 Å². The third-order valence-corrected chi connectivity index (χ3v) is 6.76. The van der Waals surface area contributed by atoms with Gasteiger partial charge in [0.2, 0.25) is 5.91 Å². The summed E-state index contributed by atoms with van der Waals surface area (Å²) in [6.07, 6.45) is 12.0. The predicted molar refractivity (Wildman–Crippen MR) is 155 cm³/mol. The molecule has 0 saturated heterocycles. The number of benzene rings is 2. The number of nitriles is 1. The molecule has 1 atom stereocenters. The van der Waals surface area contributed by atoms with E-state index in [4.69, 9.17) is 5.26 Å². The Labute approximate surface area is 230 Å². The maximum absolute atomic E-state index is 13.5. The van der Waals surface area contributed by atoms with Crippen molar-refractivity contribution >= 4 is 11.7 Å². The van der Waals surface area contributed by atoms with Crippen molar-refractivity contribution in [1.82, 2.24) is 20.1 Å². The highest BCUT2D eigenvalue weighted by Gasteiger charge is 2.21. The van der Waals surface area contributed by atoms with Crippen molar-refractivity contribution < 1.29 is 4.79 Å². The lowest BCUT2D eigenvalue weighted by Gasteiger charge is -2.20. The Balaban J connectivity index is 1.47. The van der Waals surface area contributed by atoms with Gasteiger partial charge in [0, 0.05) is 37.1 Å². The minimum Gasteiger partial charge on any atom is -0.309 e. The van der Waals surface area contributed by atoms with Crippen molar-refractivity contribution in [3.05, 3.63) is 102 Å². The molecule has 0 bridgehead atoms. The number of aryl methyl sites for hydroxylation is 2. The zero-order valence-corrected chi connectivity index (χ0v) is 22.7. The number of carbonyl (C=O) groups excluding carboxylic acids is 1. The van der Waals surface area contributed by atoms with Gasteiger partial charge in [-0.25, -0.2) is 4.98 Å². The lowest BCUT2D eigenvalue weighted by atomic mass is 9.99. The molecule has 0 aliphatic rings. The van der Waals surface area contributed by atoms with Gasteiger partial charge < -0.3 is 10.6 Å². The molecular formula is C32H36N6O. The molecule has 7 heteroatoms. The van der Waals surface area contributed by atoms with Crippen LogP contribution in [0, 0.1) is 11.3 Å². The SMILES string of the molecule is CCCCCCc1cccc([C@H](NCCc2ccc(C#N)cc2)C(=O)Nc2ccc(-c3cnn(C)c3)cn2)c1. The van der Waals surface area contributed by atoms with Gasteiger partial charge >= 0.3 is 0 Å². The van der Waals surface area contributed by atoms with E-state index < -0.39 is 6.04 Å². The van der Waals surface area contributed by atoms with Crippen LogP contribution in [0.5, 0.6) is 0 Å². The average Bonchev–Trinajstić information content (AvgIpc) is 3.40. The highest BCUT2D eigenvalue weighted by molar-refractivity contribution is 5.95. The van der Waals surface area contributed by atoms with E-state index in [2.05, 4.69) is 45.8 Å². The Morgan fingerprint density at radius 1 is 0.974 bits per heavy atom. The van der Waals surface area contributed by atoms with Crippen LogP contribution < -0.4 is 10.6 Å². The first kappa shape index (κ1) is 27.7. The molecule has 4 rings (SSSR count). The van der Waals surface area contributed by atoms with Gasteiger partial charge in [-0.05, 0) is 60.2 Å². The van der Waals surface area contributed by atoms with Crippen molar-refractivity contribution in [3.8, 4) is 17.2 Å². The van der Waals surface area contributed by atoms with Gasteiger partial charge in [0.1, 0.15) is 11.9 Å². The van der Waals surface area contributed by atoms with Crippen molar-refractivity contribution in [2.75, 3.05) is 11.9 Å². The van der Waals surface area contributed by atoms with E-state index in [0.29, 0.717) is 17.9 Å². The quantitative estimate of drug-likeness (QED) is 0.211. The van der Waals surface area contributed by atoms with E-state index in [9.17, 15) is 4.79 Å². The van der Waals surface area contributed by atoms with Gasteiger partial charge in [-0.3, -0.25) is 9.48 Å². The molecule has 0 aliphatic heterocycles. The highest BCUT2D eigenvalue weighted by atomic mass is 16.2. The van der Waals surface area contributed by atoms with Gasteiger partial charge in [-0.2, -0.15) is 10.4 Å². The molecule has 0 fully saturated rings. The van der Waals surface area contributed by atoms with E-state index in [1.807, 2.05) is 61.8 Å². The molecule has 0 radical (unpaired) electrons. The molecule has 4 aromatic rings. The number of hydrogen-bond donors (Lipinski definition) is 2. The minimum atomic E-state index is -0.529. The molecule has 0 saturated carbocycles. The average molecular weight is 521 g/mol. The number of hydrogen-bond acceptors (Lipinski definition) is 5. The molecular weight excluding hydrogens is 484 g/mol. The molecule has 200 valence electrons. The number of rotatable bonds is 13. The fraction of sp³-hybridized carbons (Fsp3) is 0.312. The van der Waals surface area contributed by atoms with Gasteiger partial charge in [0.25, 0.3) is 0 Å². The third kappa shape index (κ3) is 8.10. The summed E-state index contributed by atoms with van der Waals surface area (Å²) in [6.45, 7) is 2.83. The molecule has 2 N–H and O–H groups in total. The van der Waals surface area contributed by atoms with Gasteiger partial charge in [0.15, 0.2) is 0 Å². The number of anilines is 1. The van der Waals surface area contributed by atoms with Crippen LogP contribution in [0.4, 0.5) is 5.82 Å². The number of nitrogens with zero attached hydrogens (tertiary/aromatic N) is 4. The van der Waals surface area contributed by atoms with Crippen molar-refractivity contribution in [2.24, 2.45) is 7.05 Å². The molecule has 2 aromatic carbocycles. The summed E-state index contributed by atoms with van der Waals surface area (Å²) >= 11 is 0. The Kier molecular flexibility index (Phi) is 9.98. The van der Waals surface area contributed by atoms with Crippen molar-refractivity contribution in [1.29, 1.82) is 5.26 Å². The van der Waals surface area contributed by atoms with Crippen LogP contribution in [-0.2, 0) is 24.7 Å². The maximum atomic E-state index is 13.5. The number of nitrogens with one attached hydrogen (secondary N) is 2. The number of pyridine rings is 1. The molecule has 2 heterocycles. The molecule has 7 nitrogen and oxygen atoms in total. The van der Waals surface area contributed by atoms with Crippen LogP contribution in [0.2, 0.25) is 0 Å². The van der Waals surface area contributed by atoms with Crippen LogP contribution in [0.25, 0.3) is 11.1 Å². The Morgan fingerprint density at radius 3 is 2.51 bits per heavy atom. The summed E-state index contributed by atoms with van der Waals surface area (Å²) in [4.78, 5) is 18.0. The molecule has 39 heavy (non-hydrogen) atoms. The number of carbonyl (C=O) groups is 1. The summed E-state index contributed by atoms with van der Waals surface area (Å²) in [5, 5.41) is 19.7. The lowest BCUT2D eigenvalue weighted by molar-refractivity contribution is -0.118. The fourth-order valence-corrected chi connectivity index (χ4v) is 4.56. The first-order valence-electron chi connectivity index (χ1n) is 13.6. The summed E-state index contributed by atoms with van der Waals surface area (Å²) < 4.78 is 1.75.